The van der Waals surface area contributed by atoms with E-state index in [0.717, 1.165) is 19.3 Å². The third-order valence-electron chi connectivity index (χ3n) is 3.50. The number of carbonyl (C=O) groups excluding carboxylic acids is 1. The Labute approximate surface area is 125 Å². The lowest BCUT2D eigenvalue weighted by Crippen LogP contribution is -2.31. The van der Waals surface area contributed by atoms with Crippen LogP contribution in [-0.2, 0) is 16.4 Å². The van der Waals surface area contributed by atoms with Crippen molar-refractivity contribution < 1.29 is 13.2 Å². The van der Waals surface area contributed by atoms with Gasteiger partial charge in [0.25, 0.3) is 5.91 Å². The summed E-state index contributed by atoms with van der Waals surface area (Å²) >= 11 is 0. The largest absolute Gasteiger partial charge is 0.350 e. The van der Waals surface area contributed by atoms with Crippen LogP contribution in [0, 0.1) is 5.92 Å². The predicted octanol–water partition coefficient (Wildman–Crippen LogP) is 1.18. The van der Waals surface area contributed by atoms with Gasteiger partial charge in [0.15, 0.2) is 5.69 Å². The van der Waals surface area contributed by atoms with Gasteiger partial charge in [-0.05, 0) is 12.3 Å². The second kappa shape index (κ2) is 7.56. The second-order valence-corrected chi connectivity index (χ2v) is 6.57. The maximum Gasteiger partial charge on any atom is 0.273 e. The number of sulfonamides is 1. The summed E-state index contributed by atoms with van der Waals surface area (Å²) in [5.74, 6) is -0.148. The number of primary sulfonamides is 1. The van der Waals surface area contributed by atoms with E-state index in [1.807, 2.05) is 20.8 Å². The molecule has 0 fully saturated rings. The fourth-order valence-corrected chi connectivity index (χ4v) is 3.04. The molecule has 1 aromatic rings. The number of hydrogen-bond donors (Lipinski definition) is 3. The maximum atomic E-state index is 12.2. The molecule has 8 heteroatoms. The van der Waals surface area contributed by atoms with Gasteiger partial charge in [0.05, 0.1) is 5.69 Å². The van der Waals surface area contributed by atoms with Crippen LogP contribution in [0.4, 0.5) is 0 Å². The number of aryl methyl sites for hydroxylation is 1. The van der Waals surface area contributed by atoms with Crippen molar-refractivity contribution in [3.63, 3.8) is 0 Å². The zero-order valence-corrected chi connectivity index (χ0v) is 13.6. The van der Waals surface area contributed by atoms with Gasteiger partial charge < -0.3 is 5.32 Å². The van der Waals surface area contributed by atoms with Crippen LogP contribution in [0.15, 0.2) is 4.90 Å². The van der Waals surface area contributed by atoms with E-state index in [2.05, 4.69) is 15.5 Å². The van der Waals surface area contributed by atoms with Crippen LogP contribution in [0.1, 0.15) is 56.2 Å². The Balaban J connectivity index is 2.99. The zero-order chi connectivity index (χ0) is 16.0. The molecule has 21 heavy (non-hydrogen) atoms. The Morgan fingerprint density at radius 3 is 2.43 bits per heavy atom. The van der Waals surface area contributed by atoms with E-state index in [-0.39, 0.29) is 10.6 Å². The molecule has 4 N–H and O–H groups in total. The molecular weight excluding hydrogens is 292 g/mol. The molecule has 1 aromatic heterocycles. The summed E-state index contributed by atoms with van der Waals surface area (Å²) in [5, 5.41) is 14.4. The summed E-state index contributed by atoms with van der Waals surface area (Å²) in [7, 11) is -3.99. The molecule has 0 spiro atoms. The summed E-state index contributed by atoms with van der Waals surface area (Å²) in [5.41, 5.74) is 0.236. The van der Waals surface area contributed by atoms with Crippen LogP contribution < -0.4 is 10.5 Å². The van der Waals surface area contributed by atoms with Crippen molar-refractivity contribution in [1.29, 1.82) is 0 Å². The molecule has 1 heterocycles. The first-order valence-electron chi connectivity index (χ1n) is 7.23. The maximum absolute atomic E-state index is 12.2. The van der Waals surface area contributed by atoms with E-state index < -0.39 is 15.9 Å². The average Bonchev–Trinajstić information content (AvgIpc) is 2.84. The van der Waals surface area contributed by atoms with E-state index >= 15 is 0 Å². The number of nitrogens with two attached hydrogens (primary N) is 1. The second-order valence-electron chi connectivity index (χ2n) is 5.07. The Morgan fingerprint density at radius 1 is 1.33 bits per heavy atom. The third kappa shape index (κ3) is 4.53. The average molecular weight is 316 g/mol. The Kier molecular flexibility index (Phi) is 6.35. The summed E-state index contributed by atoms with van der Waals surface area (Å²) in [6, 6.07) is 0. The summed E-state index contributed by atoms with van der Waals surface area (Å²) < 4.78 is 23.4. The number of nitrogens with one attached hydrogen (secondary N) is 2. The monoisotopic (exact) mass is 316 g/mol. The van der Waals surface area contributed by atoms with E-state index in [1.165, 1.54) is 0 Å². The first kappa shape index (κ1) is 17.6. The Hall–Kier alpha value is -1.41. The van der Waals surface area contributed by atoms with Crippen molar-refractivity contribution in [1.82, 2.24) is 15.5 Å². The molecule has 0 saturated heterocycles. The molecule has 1 amide bonds. The van der Waals surface area contributed by atoms with Gasteiger partial charge in [-0.25, -0.2) is 13.6 Å². The lowest BCUT2D eigenvalue weighted by Gasteiger charge is -2.12. The number of H-pyrrole nitrogens is 1. The van der Waals surface area contributed by atoms with Crippen molar-refractivity contribution in [3.8, 4) is 0 Å². The Bertz CT molecular complexity index is 576. The van der Waals surface area contributed by atoms with Crippen molar-refractivity contribution in [2.45, 2.75) is 51.3 Å². The fraction of sp³-hybridized carbons (Fsp3) is 0.692. The summed E-state index contributed by atoms with van der Waals surface area (Å²) in [6.45, 7) is 6.49. The smallest absolute Gasteiger partial charge is 0.273 e. The highest BCUT2D eigenvalue weighted by molar-refractivity contribution is 7.89. The topological polar surface area (TPSA) is 118 Å². The fourth-order valence-electron chi connectivity index (χ4n) is 2.15. The molecule has 0 aliphatic heterocycles. The van der Waals surface area contributed by atoms with Crippen LogP contribution in [0.25, 0.3) is 0 Å². The number of nitrogens with zero attached hydrogens (tertiary/aromatic N) is 1. The lowest BCUT2D eigenvalue weighted by atomic mass is 10.0. The van der Waals surface area contributed by atoms with Gasteiger partial charge >= 0.3 is 0 Å². The minimum absolute atomic E-state index is 0.146. The number of carbonyl (C=O) groups is 1. The Morgan fingerprint density at radius 2 is 1.95 bits per heavy atom. The van der Waals surface area contributed by atoms with E-state index in [0.29, 0.717) is 24.6 Å². The number of aromatic nitrogens is 2. The van der Waals surface area contributed by atoms with Crippen molar-refractivity contribution in [3.05, 3.63) is 11.4 Å². The normalized spacial score (nSPS) is 11.9. The SMILES string of the molecule is CCCc1[nH]nc(C(=O)NCC(CC)CC)c1S(N)(=O)=O. The van der Waals surface area contributed by atoms with Crippen LogP contribution >= 0.6 is 0 Å². The van der Waals surface area contributed by atoms with Gasteiger partial charge in [-0.2, -0.15) is 5.10 Å². The van der Waals surface area contributed by atoms with E-state index in [4.69, 9.17) is 5.14 Å². The molecule has 0 aromatic carbocycles. The van der Waals surface area contributed by atoms with Gasteiger partial charge in [-0.1, -0.05) is 40.0 Å². The van der Waals surface area contributed by atoms with Gasteiger partial charge in [0, 0.05) is 6.54 Å². The molecule has 0 atom stereocenters. The van der Waals surface area contributed by atoms with Crippen LogP contribution in [0.5, 0.6) is 0 Å². The van der Waals surface area contributed by atoms with Gasteiger partial charge in [-0.15, -0.1) is 0 Å². The number of rotatable bonds is 8. The first-order valence-corrected chi connectivity index (χ1v) is 8.77. The predicted molar refractivity (Wildman–Crippen MR) is 80.4 cm³/mol. The highest BCUT2D eigenvalue weighted by Crippen LogP contribution is 2.18. The van der Waals surface area contributed by atoms with E-state index in [9.17, 15) is 13.2 Å². The van der Waals surface area contributed by atoms with Crippen molar-refractivity contribution >= 4 is 15.9 Å². The lowest BCUT2D eigenvalue weighted by molar-refractivity contribution is 0.0938. The van der Waals surface area contributed by atoms with Crippen molar-refractivity contribution in [2.24, 2.45) is 11.1 Å². The molecule has 0 aliphatic rings. The molecule has 7 nitrogen and oxygen atoms in total. The zero-order valence-electron chi connectivity index (χ0n) is 12.8. The summed E-state index contributed by atoms with van der Waals surface area (Å²) in [4.78, 5) is 12.0. The standard InChI is InChI=1S/C13H24N4O3S/c1-4-7-10-12(21(14,19)20)11(17-16-10)13(18)15-8-9(5-2)6-3/h9H,4-8H2,1-3H3,(H,15,18)(H,16,17)(H2,14,19,20). The van der Waals surface area contributed by atoms with Gasteiger partial charge in [0.2, 0.25) is 10.0 Å². The first-order chi connectivity index (χ1) is 9.85. The highest BCUT2D eigenvalue weighted by Gasteiger charge is 2.27. The highest BCUT2D eigenvalue weighted by atomic mass is 32.2. The molecule has 0 unspecified atom stereocenters. The van der Waals surface area contributed by atoms with Crippen LogP contribution in [0.3, 0.4) is 0 Å². The van der Waals surface area contributed by atoms with Gasteiger partial charge in [0.1, 0.15) is 4.90 Å². The minimum atomic E-state index is -3.99. The minimum Gasteiger partial charge on any atom is -0.350 e. The molecular formula is C13H24N4O3S. The molecule has 0 radical (unpaired) electrons. The molecule has 1 rings (SSSR count). The van der Waals surface area contributed by atoms with Crippen molar-refractivity contribution in [2.75, 3.05) is 6.54 Å². The third-order valence-corrected chi connectivity index (χ3v) is 4.51. The van der Waals surface area contributed by atoms with E-state index in [1.54, 1.807) is 0 Å². The van der Waals surface area contributed by atoms with Crippen LogP contribution in [-0.4, -0.2) is 31.1 Å². The molecule has 0 saturated carbocycles. The molecule has 0 bridgehead atoms. The number of amides is 1. The number of hydrogen-bond acceptors (Lipinski definition) is 4. The number of aromatic amines is 1. The van der Waals surface area contributed by atoms with Crippen LogP contribution in [0.2, 0.25) is 0 Å². The summed E-state index contributed by atoms with van der Waals surface area (Å²) in [6.07, 6.45) is 3.08. The molecule has 0 aliphatic carbocycles. The quantitative estimate of drug-likeness (QED) is 0.667. The molecule has 120 valence electrons. The van der Waals surface area contributed by atoms with Gasteiger partial charge in [-0.3, -0.25) is 9.89 Å².